The van der Waals surface area contributed by atoms with Crippen LogP contribution in [0.25, 0.3) is 0 Å². The molecule has 0 saturated heterocycles. The Bertz CT molecular complexity index is 897. The van der Waals surface area contributed by atoms with E-state index in [1.54, 1.807) is 0 Å². The number of allylic oxidation sites excluding steroid dienone is 13. The molecule has 0 N–H and O–H groups in total. The summed E-state index contributed by atoms with van der Waals surface area (Å²) in [6.07, 6.45) is 22.3. The second kappa shape index (κ2) is 7.56. The molecular formula is C27H28. The van der Waals surface area contributed by atoms with Crippen molar-refractivity contribution in [1.82, 2.24) is 0 Å². The van der Waals surface area contributed by atoms with E-state index in [2.05, 4.69) is 93.3 Å². The Hall–Kier alpha value is -2.60. The van der Waals surface area contributed by atoms with E-state index >= 15 is 0 Å². The molecule has 0 radical (unpaired) electrons. The van der Waals surface area contributed by atoms with Crippen LogP contribution in [0.1, 0.15) is 37.3 Å². The second-order valence-corrected chi connectivity index (χ2v) is 7.86. The van der Waals surface area contributed by atoms with Crippen molar-refractivity contribution in [3.05, 3.63) is 119 Å². The summed E-state index contributed by atoms with van der Waals surface area (Å²) in [5.41, 5.74) is 8.50. The zero-order valence-electron chi connectivity index (χ0n) is 16.4. The number of benzene rings is 1. The first-order valence-electron chi connectivity index (χ1n) is 10.1. The van der Waals surface area contributed by atoms with Crippen LogP contribution in [0.15, 0.2) is 108 Å². The van der Waals surface area contributed by atoms with Gasteiger partial charge in [0.05, 0.1) is 0 Å². The van der Waals surface area contributed by atoms with Crippen molar-refractivity contribution in [1.29, 1.82) is 0 Å². The minimum atomic E-state index is 0.444. The highest BCUT2D eigenvalue weighted by atomic mass is 14.3. The summed E-state index contributed by atoms with van der Waals surface area (Å²) in [5, 5.41) is 0. The molecule has 0 saturated carbocycles. The predicted octanol–water partition coefficient (Wildman–Crippen LogP) is 7.02. The molecule has 1 aromatic carbocycles. The second-order valence-electron chi connectivity index (χ2n) is 7.86. The highest BCUT2D eigenvalue weighted by molar-refractivity contribution is 5.57. The fourth-order valence-electron chi connectivity index (χ4n) is 4.64. The molecule has 2 unspecified atom stereocenters. The van der Waals surface area contributed by atoms with Crippen LogP contribution in [0.3, 0.4) is 0 Å². The van der Waals surface area contributed by atoms with Crippen molar-refractivity contribution in [3.8, 4) is 0 Å². The van der Waals surface area contributed by atoms with Crippen LogP contribution >= 0.6 is 0 Å². The lowest BCUT2D eigenvalue weighted by Gasteiger charge is -2.29. The van der Waals surface area contributed by atoms with E-state index in [-0.39, 0.29) is 0 Å². The summed E-state index contributed by atoms with van der Waals surface area (Å²) in [5.74, 6) is 1.58. The van der Waals surface area contributed by atoms with E-state index in [0.29, 0.717) is 17.8 Å². The first-order valence-corrected chi connectivity index (χ1v) is 10.1. The largest absolute Gasteiger partial charge is 0.0985 e. The van der Waals surface area contributed by atoms with Gasteiger partial charge in [-0.15, -0.1) is 0 Å². The zero-order chi connectivity index (χ0) is 18.8. The van der Waals surface area contributed by atoms with Crippen molar-refractivity contribution >= 4 is 0 Å². The van der Waals surface area contributed by atoms with Crippen LogP contribution in [-0.2, 0) is 6.42 Å². The van der Waals surface area contributed by atoms with Gasteiger partial charge in [-0.2, -0.15) is 0 Å². The molecule has 0 heterocycles. The van der Waals surface area contributed by atoms with E-state index < -0.39 is 0 Å². The molecule has 136 valence electrons. The lowest BCUT2D eigenvalue weighted by molar-refractivity contribution is 0.528. The highest BCUT2D eigenvalue weighted by Crippen LogP contribution is 2.44. The maximum Gasteiger partial charge on any atom is 0.0204 e. The Labute approximate surface area is 163 Å². The Kier molecular flexibility index (Phi) is 4.99. The molecule has 3 aliphatic rings. The molecule has 0 aromatic heterocycles. The van der Waals surface area contributed by atoms with Crippen LogP contribution in [0.5, 0.6) is 0 Å². The molecule has 0 amide bonds. The van der Waals surface area contributed by atoms with Gasteiger partial charge in [-0.05, 0) is 59.1 Å². The molecule has 1 aromatic rings. The van der Waals surface area contributed by atoms with Crippen molar-refractivity contribution in [2.75, 3.05) is 0 Å². The van der Waals surface area contributed by atoms with Gasteiger partial charge in [-0.25, -0.2) is 0 Å². The first kappa shape index (κ1) is 17.8. The van der Waals surface area contributed by atoms with Gasteiger partial charge in [-0.1, -0.05) is 92.5 Å². The average Bonchev–Trinajstić information content (AvgIpc) is 3.34. The molecule has 0 heteroatoms. The quantitative estimate of drug-likeness (QED) is 0.499. The maximum atomic E-state index is 4.00. The molecule has 27 heavy (non-hydrogen) atoms. The molecule has 2 atom stereocenters. The van der Waals surface area contributed by atoms with Crippen LogP contribution < -0.4 is 0 Å². The van der Waals surface area contributed by atoms with Crippen LogP contribution in [-0.4, -0.2) is 0 Å². The molecule has 0 aliphatic heterocycles. The maximum absolute atomic E-state index is 4.00. The Morgan fingerprint density at radius 2 is 1.85 bits per heavy atom. The van der Waals surface area contributed by atoms with Gasteiger partial charge in [0.25, 0.3) is 0 Å². The molecular weight excluding hydrogens is 324 g/mol. The van der Waals surface area contributed by atoms with E-state index in [1.165, 1.54) is 39.8 Å². The van der Waals surface area contributed by atoms with Gasteiger partial charge in [0.1, 0.15) is 0 Å². The topological polar surface area (TPSA) is 0 Å². The molecule has 0 spiro atoms. The summed E-state index contributed by atoms with van der Waals surface area (Å²) >= 11 is 0. The Balaban J connectivity index is 1.53. The smallest absolute Gasteiger partial charge is 0.0204 e. The van der Waals surface area contributed by atoms with Gasteiger partial charge < -0.3 is 0 Å². The zero-order valence-corrected chi connectivity index (χ0v) is 16.4. The summed E-state index contributed by atoms with van der Waals surface area (Å²) in [6, 6.07) is 9.17. The summed E-state index contributed by atoms with van der Waals surface area (Å²) in [7, 11) is 0. The Morgan fingerprint density at radius 1 is 1.11 bits per heavy atom. The summed E-state index contributed by atoms with van der Waals surface area (Å²) in [4.78, 5) is 0. The van der Waals surface area contributed by atoms with Crippen molar-refractivity contribution < 1.29 is 0 Å². The van der Waals surface area contributed by atoms with Gasteiger partial charge >= 0.3 is 0 Å². The van der Waals surface area contributed by atoms with E-state index in [0.717, 1.165) is 6.42 Å². The summed E-state index contributed by atoms with van der Waals surface area (Å²) in [6.45, 7) is 8.46. The predicted molar refractivity (Wildman–Crippen MR) is 117 cm³/mol. The van der Waals surface area contributed by atoms with Crippen LogP contribution in [0, 0.1) is 11.8 Å². The van der Waals surface area contributed by atoms with Crippen molar-refractivity contribution in [2.24, 2.45) is 11.8 Å². The minimum absolute atomic E-state index is 0.444. The molecule has 0 nitrogen and oxygen atoms in total. The molecule has 0 bridgehead atoms. The monoisotopic (exact) mass is 352 g/mol. The van der Waals surface area contributed by atoms with Crippen LogP contribution in [0.4, 0.5) is 0 Å². The fourth-order valence-corrected chi connectivity index (χ4v) is 4.64. The van der Waals surface area contributed by atoms with Gasteiger partial charge in [0.2, 0.25) is 0 Å². The SMILES string of the molecule is C=C/C(=C\C)C1=CC=C2C(Cc3ccc(C4C=CC=C4)cc3)=CC(C)CC21. The third kappa shape index (κ3) is 3.49. The highest BCUT2D eigenvalue weighted by Gasteiger charge is 2.31. The third-order valence-corrected chi connectivity index (χ3v) is 6.03. The number of hydrogen-bond donors (Lipinski definition) is 0. The lowest BCUT2D eigenvalue weighted by Crippen LogP contribution is -2.17. The van der Waals surface area contributed by atoms with Gasteiger partial charge in [0.15, 0.2) is 0 Å². The van der Waals surface area contributed by atoms with E-state index in [1.807, 2.05) is 6.08 Å². The van der Waals surface area contributed by atoms with Gasteiger partial charge in [0, 0.05) is 11.8 Å². The van der Waals surface area contributed by atoms with Crippen molar-refractivity contribution in [2.45, 2.75) is 32.6 Å². The van der Waals surface area contributed by atoms with E-state index in [4.69, 9.17) is 0 Å². The van der Waals surface area contributed by atoms with Crippen LogP contribution in [0.2, 0.25) is 0 Å². The fraction of sp³-hybridized carbons (Fsp3) is 0.259. The number of fused-ring (bicyclic) bond motifs is 1. The summed E-state index contributed by atoms with van der Waals surface area (Å²) < 4.78 is 0. The van der Waals surface area contributed by atoms with E-state index in [9.17, 15) is 0 Å². The lowest BCUT2D eigenvalue weighted by atomic mass is 9.75. The number of rotatable bonds is 5. The standard InChI is InChI=1S/C27H28/c1-4-21(5-2)25-14-15-26-24(16-19(3)17-27(25)26)18-20-10-12-23(13-11-20)22-8-6-7-9-22/h4-16,19,22,27H,1,17-18H2,2-3H3/b21-5+. The van der Waals surface area contributed by atoms with Gasteiger partial charge in [-0.3, -0.25) is 0 Å². The molecule has 0 fully saturated rings. The minimum Gasteiger partial charge on any atom is -0.0985 e. The Morgan fingerprint density at radius 3 is 2.52 bits per heavy atom. The first-order chi connectivity index (χ1) is 13.2. The third-order valence-electron chi connectivity index (χ3n) is 6.03. The average molecular weight is 353 g/mol. The van der Waals surface area contributed by atoms with Crippen molar-refractivity contribution in [3.63, 3.8) is 0 Å². The molecule has 3 aliphatic carbocycles. The molecule has 4 rings (SSSR count). The normalized spacial score (nSPS) is 24.5. The number of hydrogen-bond acceptors (Lipinski definition) is 0.